The topological polar surface area (TPSA) is 45.7 Å². The number of carbonyl (C=O) groups is 1. The van der Waals surface area contributed by atoms with Crippen LogP contribution in [0.4, 0.5) is 4.39 Å². The first-order valence-corrected chi connectivity index (χ1v) is 11.4. The molecule has 0 saturated carbocycles. The molecule has 4 rings (SSSR count). The highest BCUT2D eigenvalue weighted by molar-refractivity contribution is 5.76. The number of benzene rings is 1. The van der Waals surface area contributed by atoms with Gasteiger partial charge in [0, 0.05) is 51.0 Å². The zero-order valence-electron chi connectivity index (χ0n) is 18.3. The molecule has 2 aromatic rings. The SMILES string of the molecule is Cc1cc(CCC(=O)N2CCC(N3CCC(Oc4ccncc4)CC3)CC2)ccc1F. The third-order valence-corrected chi connectivity index (χ3v) is 6.61. The van der Waals surface area contributed by atoms with Crippen molar-refractivity contribution in [1.29, 1.82) is 0 Å². The van der Waals surface area contributed by atoms with E-state index in [2.05, 4.69) is 9.88 Å². The molecule has 1 aromatic carbocycles. The summed E-state index contributed by atoms with van der Waals surface area (Å²) in [4.78, 5) is 21.3. The highest BCUT2D eigenvalue weighted by Gasteiger charge is 2.30. The quantitative estimate of drug-likeness (QED) is 0.702. The van der Waals surface area contributed by atoms with E-state index < -0.39 is 0 Å². The van der Waals surface area contributed by atoms with Crippen LogP contribution in [0, 0.1) is 12.7 Å². The van der Waals surface area contributed by atoms with Gasteiger partial charge in [-0.3, -0.25) is 14.7 Å². The normalized spacial score (nSPS) is 18.8. The van der Waals surface area contributed by atoms with E-state index in [1.165, 1.54) is 6.07 Å². The maximum Gasteiger partial charge on any atom is 0.222 e. The Kier molecular flexibility index (Phi) is 7.17. The van der Waals surface area contributed by atoms with Crippen LogP contribution in [0.15, 0.2) is 42.7 Å². The molecule has 0 atom stereocenters. The zero-order chi connectivity index (χ0) is 21.6. The second-order valence-electron chi connectivity index (χ2n) is 8.73. The van der Waals surface area contributed by atoms with Crippen molar-refractivity contribution >= 4 is 5.91 Å². The number of piperidine rings is 2. The van der Waals surface area contributed by atoms with Gasteiger partial charge in [0.05, 0.1) is 0 Å². The van der Waals surface area contributed by atoms with Crippen LogP contribution in [0.3, 0.4) is 0 Å². The first kappa shape index (κ1) is 21.8. The Hall–Kier alpha value is -2.47. The summed E-state index contributed by atoms with van der Waals surface area (Å²) in [5.74, 6) is 0.922. The number of likely N-dealkylation sites (tertiary alicyclic amines) is 2. The number of amides is 1. The summed E-state index contributed by atoms with van der Waals surface area (Å²) >= 11 is 0. The van der Waals surface area contributed by atoms with Crippen LogP contribution < -0.4 is 4.74 Å². The third kappa shape index (κ3) is 5.82. The van der Waals surface area contributed by atoms with Gasteiger partial charge in [0.25, 0.3) is 0 Å². The third-order valence-electron chi connectivity index (χ3n) is 6.61. The fourth-order valence-corrected chi connectivity index (χ4v) is 4.72. The summed E-state index contributed by atoms with van der Waals surface area (Å²) in [7, 11) is 0. The molecule has 0 N–H and O–H groups in total. The number of halogens is 1. The van der Waals surface area contributed by atoms with Gasteiger partial charge >= 0.3 is 0 Å². The molecule has 0 bridgehead atoms. The Labute approximate surface area is 184 Å². The number of pyridine rings is 1. The lowest BCUT2D eigenvalue weighted by Crippen LogP contribution is -2.50. The van der Waals surface area contributed by atoms with Gasteiger partial charge in [-0.2, -0.15) is 0 Å². The predicted molar refractivity (Wildman–Crippen MR) is 119 cm³/mol. The minimum Gasteiger partial charge on any atom is -0.490 e. The number of aryl methyl sites for hydroxylation is 2. The number of hydrogen-bond acceptors (Lipinski definition) is 4. The van der Waals surface area contributed by atoms with Gasteiger partial charge in [-0.15, -0.1) is 0 Å². The van der Waals surface area contributed by atoms with E-state index in [1.54, 1.807) is 25.4 Å². The standard InChI is InChI=1S/C25H32FN3O2/c1-19-18-20(2-4-24(19)26)3-5-25(30)29-14-8-21(9-15-29)28-16-10-23(11-17-28)31-22-6-12-27-13-7-22/h2,4,6-7,12-13,18,21,23H,3,5,8-11,14-17H2,1H3. The van der Waals surface area contributed by atoms with Gasteiger partial charge in [0.15, 0.2) is 0 Å². The minimum absolute atomic E-state index is 0.190. The van der Waals surface area contributed by atoms with Gasteiger partial charge in [-0.25, -0.2) is 4.39 Å². The fraction of sp³-hybridized carbons (Fsp3) is 0.520. The first-order valence-electron chi connectivity index (χ1n) is 11.4. The monoisotopic (exact) mass is 425 g/mol. The molecule has 166 valence electrons. The molecule has 2 aliphatic rings. The average molecular weight is 426 g/mol. The summed E-state index contributed by atoms with van der Waals surface area (Å²) in [5, 5.41) is 0. The van der Waals surface area contributed by atoms with Crippen LogP contribution >= 0.6 is 0 Å². The second kappa shape index (κ2) is 10.2. The molecular weight excluding hydrogens is 393 g/mol. The molecule has 2 saturated heterocycles. The first-order chi connectivity index (χ1) is 15.1. The summed E-state index contributed by atoms with van der Waals surface area (Å²) < 4.78 is 19.5. The van der Waals surface area contributed by atoms with E-state index in [9.17, 15) is 9.18 Å². The Morgan fingerprint density at radius 2 is 1.77 bits per heavy atom. The lowest BCUT2D eigenvalue weighted by molar-refractivity contribution is -0.132. The summed E-state index contributed by atoms with van der Waals surface area (Å²) in [6.45, 7) is 5.54. The van der Waals surface area contributed by atoms with Crippen molar-refractivity contribution in [1.82, 2.24) is 14.8 Å². The molecule has 2 aliphatic heterocycles. The maximum atomic E-state index is 13.4. The van der Waals surface area contributed by atoms with Gasteiger partial charge in [0.2, 0.25) is 5.91 Å². The smallest absolute Gasteiger partial charge is 0.222 e. The Bertz CT molecular complexity index is 860. The van der Waals surface area contributed by atoms with Crippen molar-refractivity contribution in [2.45, 2.75) is 57.6 Å². The Balaban J connectivity index is 1.17. The van der Waals surface area contributed by atoms with Crippen LogP contribution in [0.1, 0.15) is 43.2 Å². The van der Waals surface area contributed by atoms with Crippen LogP contribution in [0.2, 0.25) is 0 Å². The number of nitrogens with zero attached hydrogens (tertiary/aromatic N) is 3. The van der Waals surface area contributed by atoms with Crippen molar-refractivity contribution < 1.29 is 13.9 Å². The number of ether oxygens (including phenoxy) is 1. The zero-order valence-corrected chi connectivity index (χ0v) is 18.3. The Morgan fingerprint density at radius 1 is 1.06 bits per heavy atom. The lowest BCUT2D eigenvalue weighted by Gasteiger charge is -2.41. The van der Waals surface area contributed by atoms with Crippen molar-refractivity contribution in [3.63, 3.8) is 0 Å². The summed E-state index contributed by atoms with van der Waals surface area (Å²) in [6, 6.07) is 9.50. The fourth-order valence-electron chi connectivity index (χ4n) is 4.72. The van der Waals surface area contributed by atoms with E-state index in [1.807, 2.05) is 23.1 Å². The minimum atomic E-state index is -0.190. The molecule has 0 unspecified atom stereocenters. The molecule has 31 heavy (non-hydrogen) atoms. The van der Waals surface area contributed by atoms with Crippen molar-refractivity contribution in [2.75, 3.05) is 26.2 Å². The molecule has 6 heteroatoms. The largest absolute Gasteiger partial charge is 0.490 e. The van der Waals surface area contributed by atoms with E-state index >= 15 is 0 Å². The molecule has 0 radical (unpaired) electrons. The molecule has 0 aliphatic carbocycles. The van der Waals surface area contributed by atoms with Crippen LogP contribution in [-0.2, 0) is 11.2 Å². The van der Waals surface area contributed by atoms with E-state index in [-0.39, 0.29) is 17.8 Å². The number of hydrogen-bond donors (Lipinski definition) is 0. The second-order valence-corrected chi connectivity index (χ2v) is 8.73. The molecule has 5 nitrogen and oxygen atoms in total. The highest BCUT2D eigenvalue weighted by Crippen LogP contribution is 2.24. The highest BCUT2D eigenvalue weighted by atomic mass is 19.1. The summed E-state index contributed by atoms with van der Waals surface area (Å²) in [6.07, 6.45) is 9.13. The number of carbonyl (C=O) groups excluding carboxylic acids is 1. The molecule has 1 aromatic heterocycles. The van der Waals surface area contributed by atoms with E-state index in [0.29, 0.717) is 24.4 Å². The molecule has 0 spiro atoms. The van der Waals surface area contributed by atoms with Gasteiger partial charge in [-0.05, 0) is 68.4 Å². The van der Waals surface area contributed by atoms with Crippen LogP contribution in [0.5, 0.6) is 5.75 Å². The Morgan fingerprint density at radius 3 is 2.45 bits per heavy atom. The van der Waals surface area contributed by atoms with Crippen LogP contribution in [-0.4, -0.2) is 59.0 Å². The summed E-state index contributed by atoms with van der Waals surface area (Å²) in [5.41, 5.74) is 1.67. The van der Waals surface area contributed by atoms with Crippen LogP contribution in [0.25, 0.3) is 0 Å². The molecular formula is C25H32FN3O2. The number of rotatable bonds is 6. The predicted octanol–water partition coefficient (Wildman–Crippen LogP) is 4.00. The number of aromatic nitrogens is 1. The van der Waals surface area contributed by atoms with Gasteiger partial charge < -0.3 is 9.64 Å². The average Bonchev–Trinajstić information content (AvgIpc) is 2.81. The van der Waals surface area contributed by atoms with Crippen molar-refractivity contribution in [3.05, 3.63) is 59.7 Å². The van der Waals surface area contributed by atoms with Crippen molar-refractivity contribution in [3.8, 4) is 5.75 Å². The molecule has 1 amide bonds. The van der Waals surface area contributed by atoms with E-state index in [4.69, 9.17) is 4.74 Å². The molecule has 2 fully saturated rings. The van der Waals surface area contributed by atoms with E-state index in [0.717, 1.165) is 63.2 Å². The van der Waals surface area contributed by atoms with Gasteiger partial charge in [0.1, 0.15) is 17.7 Å². The van der Waals surface area contributed by atoms with Crippen molar-refractivity contribution in [2.24, 2.45) is 0 Å². The van der Waals surface area contributed by atoms with Gasteiger partial charge in [-0.1, -0.05) is 12.1 Å². The maximum absolute atomic E-state index is 13.4. The lowest BCUT2D eigenvalue weighted by atomic mass is 9.98. The molecule has 3 heterocycles.